The average Bonchev–Trinajstić information content (AvgIpc) is 1.99. The van der Waals surface area contributed by atoms with Crippen molar-refractivity contribution in [1.82, 2.24) is 10.2 Å². The van der Waals surface area contributed by atoms with E-state index in [-0.39, 0.29) is 23.8 Å². The van der Waals surface area contributed by atoms with Crippen molar-refractivity contribution in [2.24, 2.45) is 0 Å². The van der Waals surface area contributed by atoms with Crippen LogP contribution in [-0.2, 0) is 9.59 Å². The zero-order chi connectivity index (χ0) is 9.30. The first-order chi connectivity index (χ1) is 5.52. The first kappa shape index (κ1) is 9.19. The number of hydrogen-bond donors (Lipinski definition) is 1. The summed E-state index contributed by atoms with van der Waals surface area (Å²) in [7, 11) is 1.85. The van der Waals surface area contributed by atoms with Crippen LogP contribution in [0.5, 0.6) is 0 Å². The van der Waals surface area contributed by atoms with Crippen molar-refractivity contribution in [1.29, 1.82) is 0 Å². The molecule has 0 aromatic heterocycles. The Morgan fingerprint density at radius 2 is 2.25 bits per heavy atom. The van der Waals surface area contributed by atoms with E-state index in [1.165, 1.54) is 6.92 Å². The van der Waals surface area contributed by atoms with Gasteiger partial charge in [-0.1, -0.05) is 0 Å². The monoisotopic (exact) mass is 170 g/mol. The molecule has 0 spiro atoms. The van der Waals surface area contributed by atoms with Crippen LogP contribution in [0.1, 0.15) is 13.8 Å². The molecule has 1 heterocycles. The minimum absolute atomic E-state index is 0.0158. The highest BCUT2D eigenvalue weighted by atomic mass is 16.2. The summed E-state index contributed by atoms with van der Waals surface area (Å²) >= 11 is 0. The largest absolute Gasteiger partial charge is 0.344 e. The Kier molecular flexibility index (Phi) is 2.47. The zero-order valence-electron chi connectivity index (χ0n) is 7.63. The molecular formula is C8H14N2O2. The minimum atomic E-state index is -0.321. The predicted molar refractivity (Wildman–Crippen MR) is 44.7 cm³/mol. The van der Waals surface area contributed by atoms with E-state index in [9.17, 15) is 9.59 Å². The number of carbonyl (C=O) groups excluding carboxylic acids is 2. The highest BCUT2D eigenvalue weighted by Gasteiger charge is 2.30. The maximum absolute atomic E-state index is 11.2. The Morgan fingerprint density at radius 3 is 2.67 bits per heavy atom. The lowest BCUT2D eigenvalue weighted by Crippen LogP contribution is -2.59. The number of rotatable bonds is 1. The van der Waals surface area contributed by atoms with Gasteiger partial charge in [0, 0.05) is 6.54 Å². The molecule has 1 N–H and O–H groups in total. The smallest absolute Gasteiger partial charge is 0.237 e. The first-order valence-electron chi connectivity index (χ1n) is 4.03. The lowest BCUT2D eigenvalue weighted by Gasteiger charge is -2.33. The van der Waals surface area contributed by atoms with Crippen molar-refractivity contribution in [3.63, 3.8) is 0 Å². The van der Waals surface area contributed by atoms with Crippen molar-refractivity contribution < 1.29 is 9.59 Å². The molecule has 4 nitrogen and oxygen atoms in total. The second-order valence-electron chi connectivity index (χ2n) is 3.29. The van der Waals surface area contributed by atoms with Crippen LogP contribution in [-0.4, -0.2) is 42.3 Å². The highest BCUT2D eigenvalue weighted by Crippen LogP contribution is 2.05. The van der Waals surface area contributed by atoms with Gasteiger partial charge >= 0.3 is 0 Å². The number of carbonyl (C=O) groups is 2. The van der Waals surface area contributed by atoms with Crippen molar-refractivity contribution in [3.05, 3.63) is 0 Å². The van der Waals surface area contributed by atoms with Gasteiger partial charge in [-0.15, -0.1) is 0 Å². The third-order valence-corrected chi connectivity index (χ3v) is 2.32. The molecule has 12 heavy (non-hydrogen) atoms. The Morgan fingerprint density at radius 1 is 1.67 bits per heavy atom. The molecule has 1 rings (SSSR count). The van der Waals surface area contributed by atoms with Gasteiger partial charge in [0.2, 0.25) is 5.91 Å². The van der Waals surface area contributed by atoms with Crippen LogP contribution in [0.15, 0.2) is 0 Å². The quantitative estimate of drug-likeness (QED) is 0.571. The topological polar surface area (TPSA) is 49.4 Å². The average molecular weight is 170 g/mol. The van der Waals surface area contributed by atoms with E-state index in [0.717, 1.165) is 0 Å². The Bertz CT molecular complexity index is 215. The second-order valence-corrected chi connectivity index (χ2v) is 3.29. The first-order valence-corrected chi connectivity index (χ1v) is 4.03. The van der Waals surface area contributed by atoms with Gasteiger partial charge in [-0.2, -0.15) is 0 Å². The van der Waals surface area contributed by atoms with Crippen LogP contribution in [0.3, 0.4) is 0 Å². The molecule has 0 bridgehead atoms. The summed E-state index contributed by atoms with van der Waals surface area (Å²) in [4.78, 5) is 24.0. The molecule has 0 aromatic rings. The molecule has 68 valence electrons. The lowest BCUT2D eigenvalue weighted by atomic mass is 10.1. The lowest BCUT2D eigenvalue weighted by molar-refractivity contribution is -0.134. The number of amides is 1. The Labute approximate surface area is 71.9 Å². The van der Waals surface area contributed by atoms with Crippen LogP contribution in [0.4, 0.5) is 0 Å². The van der Waals surface area contributed by atoms with E-state index in [0.29, 0.717) is 6.54 Å². The van der Waals surface area contributed by atoms with Crippen LogP contribution < -0.4 is 5.32 Å². The van der Waals surface area contributed by atoms with E-state index < -0.39 is 0 Å². The summed E-state index contributed by atoms with van der Waals surface area (Å²) in [5.41, 5.74) is 0. The minimum Gasteiger partial charge on any atom is -0.344 e. The van der Waals surface area contributed by atoms with E-state index in [2.05, 4.69) is 5.32 Å². The fraction of sp³-hybridized carbons (Fsp3) is 0.750. The molecule has 0 aromatic carbocycles. The van der Waals surface area contributed by atoms with Crippen molar-refractivity contribution in [2.45, 2.75) is 25.9 Å². The highest BCUT2D eigenvalue weighted by molar-refractivity contribution is 5.90. The summed E-state index contributed by atoms with van der Waals surface area (Å²) in [6.07, 6.45) is 0. The van der Waals surface area contributed by atoms with Gasteiger partial charge < -0.3 is 5.32 Å². The van der Waals surface area contributed by atoms with E-state index in [1.54, 1.807) is 0 Å². The molecule has 0 radical (unpaired) electrons. The molecule has 1 amide bonds. The molecule has 0 unspecified atom stereocenters. The van der Waals surface area contributed by atoms with E-state index in [1.807, 2.05) is 18.9 Å². The molecule has 4 heteroatoms. The Hall–Kier alpha value is -0.900. The summed E-state index contributed by atoms with van der Waals surface area (Å²) in [6, 6.07) is -0.445. The standard InChI is InChI=1S/C8H14N2O2/c1-5-8(12)9-7(6(2)11)4-10(5)3/h5,7H,4H2,1-3H3,(H,9,12)/t5-,7+/m0/s1. The van der Waals surface area contributed by atoms with Gasteiger partial charge in [-0.3, -0.25) is 14.5 Å². The van der Waals surface area contributed by atoms with Crippen molar-refractivity contribution in [3.8, 4) is 0 Å². The van der Waals surface area contributed by atoms with E-state index in [4.69, 9.17) is 0 Å². The number of Topliss-reactive ketones (excluding diaryl/α,β-unsaturated/α-hetero) is 1. The number of likely N-dealkylation sites (N-methyl/N-ethyl adjacent to an activating group) is 1. The molecule has 0 aliphatic carbocycles. The summed E-state index contributed by atoms with van der Waals surface area (Å²) in [5, 5.41) is 2.67. The summed E-state index contributed by atoms with van der Waals surface area (Å²) in [5.74, 6) is -0.0500. The molecule has 2 atom stereocenters. The van der Waals surface area contributed by atoms with Gasteiger partial charge in [0.15, 0.2) is 5.78 Å². The number of nitrogens with one attached hydrogen (secondary N) is 1. The number of piperazine rings is 1. The maximum atomic E-state index is 11.2. The maximum Gasteiger partial charge on any atom is 0.237 e. The molecule has 0 saturated carbocycles. The normalized spacial score (nSPS) is 31.4. The number of nitrogens with zero attached hydrogens (tertiary/aromatic N) is 1. The van der Waals surface area contributed by atoms with Crippen LogP contribution in [0, 0.1) is 0 Å². The fourth-order valence-corrected chi connectivity index (χ4v) is 1.21. The van der Waals surface area contributed by atoms with Crippen molar-refractivity contribution >= 4 is 11.7 Å². The van der Waals surface area contributed by atoms with Gasteiger partial charge in [-0.05, 0) is 20.9 Å². The SMILES string of the molecule is CC(=O)[C@H]1CN(C)[C@@H](C)C(=O)N1. The van der Waals surface area contributed by atoms with E-state index >= 15 is 0 Å². The van der Waals surface area contributed by atoms with Crippen molar-refractivity contribution in [2.75, 3.05) is 13.6 Å². The van der Waals surface area contributed by atoms with Gasteiger partial charge in [-0.25, -0.2) is 0 Å². The van der Waals surface area contributed by atoms with Crippen LogP contribution in [0.2, 0.25) is 0 Å². The van der Waals surface area contributed by atoms with Crippen LogP contribution in [0.25, 0.3) is 0 Å². The third-order valence-electron chi connectivity index (χ3n) is 2.32. The second kappa shape index (κ2) is 3.23. The fourth-order valence-electron chi connectivity index (χ4n) is 1.21. The molecule has 1 aliphatic heterocycles. The van der Waals surface area contributed by atoms with Crippen LogP contribution >= 0.6 is 0 Å². The van der Waals surface area contributed by atoms with Gasteiger partial charge in [0.25, 0.3) is 0 Å². The molecule has 1 fully saturated rings. The third kappa shape index (κ3) is 1.64. The van der Waals surface area contributed by atoms with Gasteiger partial charge in [0.05, 0.1) is 12.1 Å². The Balaban J connectivity index is 2.66. The molecule has 1 saturated heterocycles. The molecular weight excluding hydrogens is 156 g/mol. The zero-order valence-corrected chi connectivity index (χ0v) is 7.63. The number of ketones is 1. The number of hydrogen-bond acceptors (Lipinski definition) is 3. The van der Waals surface area contributed by atoms with Gasteiger partial charge in [0.1, 0.15) is 0 Å². The predicted octanol–water partition coefficient (Wildman–Crippen LogP) is -0.606. The summed E-state index contributed by atoms with van der Waals surface area (Å²) < 4.78 is 0. The molecule has 1 aliphatic rings. The summed E-state index contributed by atoms with van der Waals surface area (Å²) in [6.45, 7) is 3.93.